The minimum Gasteiger partial charge on any atom is -0.413 e. The lowest BCUT2D eigenvalue weighted by Gasteiger charge is -2.04. The Hall–Kier alpha value is -1.53. The molecule has 0 heterocycles. The fourth-order valence-corrected chi connectivity index (χ4v) is 2.22. The largest absolute Gasteiger partial charge is 0.413 e. The quantitative estimate of drug-likeness (QED) is 0.473. The van der Waals surface area contributed by atoms with Gasteiger partial charge in [-0.05, 0) is 24.3 Å². The first-order valence-corrected chi connectivity index (χ1v) is 6.54. The van der Waals surface area contributed by atoms with Crippen molar-refractivity contribution in [3.8, 4) is 5.75 Å². The van der Waals surface area contributed by atoms with Crippen molar-refractivity contribution in [2.45, 2.75) is 4.90 Å². The predicted octanol–water partition coefficient (Wildman–Crippen LogP) is 4.44. The summed E-state index contributed by atoms with van der Waals surface area (Å²) in [5.74, 6) is 0.233. The van der Waals surface area contributed by atoms with E-state index in [1.165, 1.54) is 6.07 Å². The third-order valence-electron chi connectivity index (χ3n) is 2.09. The van der Waals surface area contributed by atoms with Crippen LogP contribution in [0.5, 0.6) is 5.75 Å². The molecule has 0 saturated carbocycles. The van der Waals surface area contributed by atoms with Gasteiger partial charge in [0, 0.05) is 15.4 Å². The van der Waals surface area contributed by atoms with Crippen LogP contribution in [0.3, 0.4) is 0 Å². The average molecular weight is 326 g/mol. The first kappa shape index (κ1) is 12.9. The summed E-state index contributed by atoms with van der Waals surface area (Å²) in [4.78, 5) is 11.3. The molecule has 0 saturated heterocycles. The van der Waals surface area contributed by atoms with E-state index in [-0.39, 0.29) is 11.4 Å². The van der Waals surface area contributed by atoms with Crippen molar-refractivity contribution in [1.29, 1.82) is 0 Å². The molecule has 2 aromatic carbocycles. The van der Waals surface area contributed by atoms with Gasteiger partial charge in [0.25, 0.3) is 0 Å². The molecule has 0 aliphatic rings. The van der Waals surface area contributed by atoms with Crippen LogP contribution in [0.25, 0.3) is 0 Å². The zero-order valence-electron chi connectivity index (χ0n) is 9.08. The fraction of sp³-hybridized carbons (Fsp3) is 0. The minimum atomic E-state index is -0.467. The zero-order chi connectivity index (χ0) is 13.0. The highest BCUT2D eigenvalue weighted by molar-refractivity contribution is 9.10. The fourth-order valence-electron chi connectivity index (χ4n) is 1.27. The summed E-state index contributed by atoms with van der Waals surface area (Å²) in [7, 11) is 0. The second-order valence-corrected chi connectivity index (χ2v) is 5.07. The number of halogens is 1. The molecule has 4 nitrogen and oxygen atoms in total. The molecule has 92 valence electrons. The normalized spacial score (nSPS) is 10.1. The highest BCUT2D eigenvalue weighted by Crippen LogP contribution is 2.33. The van der Waals surface area contributed by atoms with Crippen LogP contribution < -0.4 is 4.18 Å². The Morgan fingerprint density at radius 3 is 2.56 bits per heavy atom. The van der Waals surface area contributed by atoms with Crippen LogP contribution in [0, 0.1) is 10.1 Å². The van der Waals surface area contributed by atoms with Gasteiger partial charge in [0.15, 0.2) is 0 Å². The SMILES string of the molecule is O=[N+]([O-])c1cc(Br)ccc1OSc1ccccc1. The molecule has 0 amide bonds. The summed E-state index contributed by atoms with van der Waals surface area (Å²) in [5.41, 5.74) is -0.0622. The maximum atomic E-state index is 10.9. The van der Waals surface area contributed by atoms with Crippen molar-refractivity contribution in [2.75, 3.05) is 0 Å². The Morgan fingerprint density at radius 2 is 1.89 bits per heavy atom. The van der Waals surface area contributed by atoms with E-state index in [4.69, 9.17) is 4.18 Å². The minimum absolute atomic E-state index is 0.0622. The first-order valence-electron chi connectivity index (χ1n) is 5.00. The van der Waals surface area contributed by atoms with Gasteiger partial charge in [0.05, 0.1) is 17.0 Å². The van der Waals surface area contributed by atoms with Gasteiger partial charge in [-0.3, -0.25) is 10.1 Å². The van der Waals surface area contributed by atoms with Crippen molar-refractivity contribution >= 4 is 33.7 Å². The van der Waals surface area contributed by atoms with Crippen molar-refractivity contribution in [2.24, 2.45) is 0 Å². The molecule has 0 fully saturated rings. The third kappa shape index (κ3) is 3.24. The van der Waals surface area contributed by atoms with E-state index in [9.17, 15) is 10.1 Å². The number of nitro benzene ring substituents is 1. The van der Waals surface area contributed by atoms with E-state index < -0.39 is 4.92 Å². The van der Waals surface area contributed by atoms with E-state index in [1.54, 1.807) is 12.1 Å². The van der Waals surface area contributed by atoms with Crippen LogP contribution in [0.2, 0.25) is 0 Å². The summed E-state index contributed by atoms with van der Waals surface area (Å²) in [6, 6.07) is 14.1. The molecular weight excluding hydrogens is 318 g/mol. The topological polar surface area (TPSA) is 52.4 Å². The van der Waals surface area contributed by atoms with Crippen LogP contribution in [0.1, 0.15) is 0 Å². The maximum Gasteiger partial charge on any atom is 0.313 e. The molecule has 2 rings (SSSR count). The zero-order valence-corrected chi connectivity index (χ0v) is 11.5. The van der Waals surface area contributed by atoms with Gasteiger partial charge in [0.2, 0.25) is 5.75 Å². The van der Waals surface area contributed by atoms with Crippen molar-refractivity contribution < 1.29 is 9.11 Å². The molecule has 0 radical (unpaired) electrons. The van der Waals surface area contributed by atoms with E-state index in [2.05, 4.69) is 15.9 Å². The second kappa shape index (κ2) is 5.88. The van der Waals surface area contributed by atoms with E-state index in [0.717, 1.165) is 16.9 Å². The molecule has 6 heteroatoms. The summed E-state index contributed by atoms with van der Waals surface area (Å²) >= 11 is 4.29. The Bertz CT molecular complexity index is 563. The van der Waals surface area contributed by atoms with Crippen LogP contribution in [-0.2, 0) is 0 Å². The van der Waals surface area contributed by atoms with E-state index in [0.29, 0.717) is 4.47 Å². The van der Waals surface area contributed by atoms with Crippen molar-refractivity contribution in [3.05, 3.63) is 63.1 Å². The molecule has 0 spiro atoms. The van der Waals surface area contributed by atoms with E-state index >= 15 is 0 Å². The lowest BCUT2D eigenvalue weighted by Crippen LogP contribution is -1.92. The van der Waals surface area contributed by atoms with Crippen LogP contribution >= 0.6 is 28.0 Å². The second-order valence-electron chi connectivity index (χ2n) is 3.35. The van der Waals surface area contributed by atoms with Gasteiger partial charge in [-0.25, -0.2) is 0 Å². The summed E-state index contributed by atoms with van der Waals surface area (Å²) in [5, 5.41) is 10.9. The number of nitrogens with zero attached hydrogens (tertiary/aromatic N) is 1. The number of hydrogen-bond donors (Lipinski definition) is 0. The van der Waals surface area contributed by atoms with Gasteiger partial charge >= 0.3 is 5.69 Å². The number of benzene rings is 2. The molecule has 0 bridgehead atoms. The molecular formula is C12H8BrNO3S. The molecule has 2 aromatic rings. The number of rotatable bonds is 4. The van der Waals surface area contributed by atoms with E-state index in [1.807, 2.05) is 30.3 Å². The highest BCUT2D eigenvalue weighted by atomic mass is 79.9. The lowest BCUT2D eigenvalue weighted by atomic mass is 10.3. The van der Waals surface area contributed by atoms with Gasteiger partial charge in [-0.1, -0.05) is 34.1 Å². The van der Waals surface area contributed by atoms with Crippen LogP contribution in [0.15, 0.2) is 57.9 Å². The average Bonchev–Trinajstić information content (AvgIpc) is 2.38. The van der Waals surface area contributed by atoms with Gasteiger partial charge in [0.1, 0.15) is 0 Å². The lowest BCUT2D eigenvalue weighted by molar-refractivity contribution is -0.385. The maximum absolute atomic E-state index is 10.9. The molecule has 0 N–H and O–H groups in total. The molecule has 18 heavy (non-hydrogen) atoms. The highest BCUT2D eigenvalue weighted by Gasteiger charge is 2.16. The summed E-state index contributed by atoms with van der Waals surface area (Å²) < 4.78 is 6.04. The number of nitro groups is 1. The molecule has 0 atom stereocenters. The number of hydrogen-bond acceptors (Lipinski definition) is 4. The molecule has 0 aliphatic carbocycles. The monoisotopic (exact) mass is 325 g/mol. The van der Waals surface area contributed by atoms with Gasteiger partial charge in [-0.2, -0.15) is 0 Å². The third-order valence-corrected chi connectivity index (χ3v) is 3.31. The Kier molecular flexibility index (Phi) is 4.22. The van der Waals surface area contributed by atoms with Crippen molar-refractivity contribution in [1.82, 2.24) is 0 Å². The summed E-state index contributed by atoms with van der Waals surface area (Å²) in [6.07, 6.45) is 0. The summed E-state index contributed by atoms with van der Waals surface area (Å²) in [6.45, 7) is 0. The Labute approximate surface area is 116 Å². The first-order chi connectivity index (χ1) is 8.66. The standard InChI is InChI=1S/C12H8BrNO3S/c13-9-6-7-12(11(8-9)14(15)16)17-18-10-4-2-1-3-5-10/h1-8H. The van der Waals surface area contributed by atoms with Gasteiger partial charge < -0.3 is 4.18 Å². The molecule has 0 unspecified atom stereocenters. The van der Waals surface area contributed by atoms with Crippen LogP contribution in [0.4, 0.5) is 5.69 Å². The smallest absolute Gasteiger partial charge is 0.313 e. The Morgan fingerprint density at radius 1 is 1.17 bits per heavy atom. The molecule has 0 aromatic heterocycles. The predicted molar refractivity (Wildman–Crippen MR) is 73.7 cm³/mol. The van der Waals surface area contributed by atoms with Gasteiger partial charge in [-0.15, -0.1) is 0 Å². The van der Waals surface area contributed by atoms with Crippen LogP contribution in [-0.4, -0.2) is 4.92 Å². The Balaban J connectivity index is 2.17. The molecule has 0 aliphatic heterocycles. The van der Waals surface area contributed by atoms with Crippen molar-refractivity contribution in [3.63, 3.8) is 0 Å².